The van der Waals surface area contributed by atoms with Crippen molar-refractivity contribution >= 4 is 40.7 Å². The van der Waals surface area contributed by atoms with Crippen LogP contribution in [0, 0.1) is 41.4 Å². The van der Waals surface area contributed by atoms with Crippen LogP contribution in [0.4, 0.5) is 5.69 Å². The third-order valence-electron chi connectivity index (χ3n) is 4.87. The molecule has 13 heteroatoms. The normalized spacial score (nSPS) is 11.6. The number of ether oxygens (including phenoxy) is 4. The number of nitro benzene ring substituents is 1. The van der Waals surface area contributed by atoms with Gasteiger partial charge in [0.25, 0.3) is 0 Å². The van der Waals surface area contributed by atoms with E-state index >= 15 is 0 Å². The Hall–Kier alpha value is -3.27. The van der Waals surface area contributed by atoms with Crippen LogP contribution in [0.25, 0.3) is 11.1 Å². The van der Waals surface area contributed by atoms with E-state index in [-0.39, 0.29) is 44.8 Å². The summed E-state index contributed by atoms with van der Waals surface area (Å²) in [5, 5.41) is 29.5. The average Bonchev–Trinajstić information content (AvgIpc) is 3.55. The maximum Gasteiger partial charge on any atom is 3.00 e. The molecule has 0 bridgehead atoms. The van der Waals surface area contributed by atoms with Crippen LogP contribution in [-0.4, -0.2) is 29.6 Å². The van der Waals surface area contributed by atoms with Gasteiger partial charge in [0.1, 0.15) is 0 Å². The zero-order valence-electron chi connectivity index (χ0n) is 19.7. The third kappa shape index (κ3) is 6.78. The van der Waals surface area contributed by atoms with Crippen LogP contribution in [0.5, 0.6) is 23.0 Å². The van der Waals surface area contributed by atoms with Gasteiger partial charge < -0.3 is 49.1 Å². The van der Waals surface area contributed by atoms with Gasteiger partial charge in [-0.05, 0) is 22.7 Å². The molecule has 2 aliphatic rings. The summed E-state index contributed by atoms with van der Waals surface area (Å²) >= 11 is 0. The Kier molecular flexibility index (Phi) is 11.4. The molecular weight excluding hydrogens is 710 g/mol. The Morgan fingerprint density at radius 1 is 1.05 bits per heavy atom. The summed E-state index contributed by atoms with van der Waals surface area (Å²) in [6, 6.07) is 13.4. The number of aromatic carboxylic acids is 1. The number of carboxylic acid groups (broad SMARTS) is 1. The number of carbonyl (C=O) groups is 1. The first kappa shape index (κ1) is 31.0. The summed E-state index contributed by atoms with van der Waals surface area (Å²) < 4.78 is 22.2. The first-order valence-electron chi connectivity index (χ1n) is 10.5. The Morgan fingerprint density at radius 3 is 1.92 bits per heavy atom. The van der Waals surface area contributed by atoms with E-state index in [2.05, 4.69) is 38.4 Å². The van der Waals surface area contributed by atoms with Crippen LogP contribution in [0.3, 0.4) is 0 Å². The average molecular weight is 732 g/mol. The largest absolute Gasteiger partial charge is 3.00 e. The van der Waals surface area contributed by atoms with Crippen molar-refractivity contribution < 1.29 is 53.9 Å². The summed E-state index contributed by atoms with van der Waals surface area (Å²) in [6.45, 7) is 7.24. The van der Waals surface area contributed by atoms with Crippen molar-refractivity contribution in [2.45, 2.75) is 6.42 Å². The quantitative estimate of drug-likeness (QED) is 0.184. The van der Waals surface area contributed by atoms with Crippen LogP contribution < -0.4 is 29.6 Å². The zero-order chi connectivity index (χ0) is 27.1. The molecule has 198 valence electrons. The molecule has 2 atom stereocenters. The third-order valence-corrected chi connectivity index (χ3v) is 5.83. The van der Waals surface area contributed by atoms with Gasteiger partial charge in [-0.3, -0.25) is 10.1 Å². The maximum absolute atomic E-state index is 10.4. The predicted octanol–water partition coefficient (Wildman–Crippen LogP) is 3.82. The van der Waals surface area contributed by atoms with Crippen LogP contribution in [0.2, 0.25) is 0 Å². The van der Waals surface area contributed by atoms with Gasteiger partial charge in [0.15, 0.2) is 23.0 Å². The Bertz CT molecular complexity index is 1330. The minimum Gasteiger partial charge on any atom is -0.521 e. The summed E-state index contributed by atoms with van der Waals surface area (Å²) in [5.74, 6) is 1.70. The molecule has 0 amide bonds. The van der Waals surface area contributed by atoms with Crippen molar-refractivity contribution in [2.75, 3.05) is 13.6 Å². The zero-order valence-corrected chi connectivity index (χ0v) is 24.4. The minimum atomic E-state index is -1.32. The van der Waals surface area contributed by atoms with Crippen molar-refractivity contribution in [1.29, 1.82) is 5.26 Å². The second kappa shape index (κ2) is 14.0. The molecular formula is C25H21IrN2O8P2. The number of nitrogens with zero attached hydrogens (tertiary/aromatic N) is 2. The van der Waals surface area contributed by atoms with E-state index in [1.807, 2.05) is 24.3 Å². The van der Waals surface area contributed by atoms with Crippen molar-refractivity contribution in [2.24, 2.45) is 0 Å². The molecule has 0 saturated heterocycles. The molecule has 0 fully saturated rings. The predicted molar refractivity (Wildman–Crippen MR) is 142 cm³/mol. The smallest absolute Gasteiger partial charge is 0.521 e. The second-order valence-corrected chi connectivity index (χ2v) is 8.44. The molecule has 38 heavy (non-hydrogen) atoms. The molecule has 3 aromatic carbocycles. The van der Waals surface area contributed by atoms with Gasteiger partial charge in [0, 0.05) is 21.6 Å². The molecule has 2 aliphatic heterocycles. The van der Waals surface area contributed by atoms with Gasteiger partial charge in [-0.25, -0.2) is 5.26 Å². The number of rotatable bonds is 3. The van der Waals surface area contributed by atoms with E-state index in [0.717, 1.165) is 63.3 Å². The fraction of sp³-hybridized carbons (Fsp3) is 0.120. The van der Waals surface area contributed by atoms with Gasteiger partial charge in [-0.2, -0.15) is 0 Å². The van der Waals surface area contributed by atoms with E-state index in [1.165, 1.54) is 0 Å². The molecule has 2 unspecified atom stereocenters. The van der Waals surface area contributed by atoms with Crippen molar-refractivity contribution in [1.82, 2.24) is 0 Å². The van der Waals surface area contributed by atoms with Gasteiger partial charge in [0.05, 0.1) is 6.07 Å². The second-order valence-electron chi connectivity index (χ2n) is 7.20. The molecule has 1 N–H and O–H groups in total. The molecule has 5 rings (SSSR count). The molecule has 3 aromatic rings. The Labute approximate surface area is 237 Å². The van der Waals surface area contributed by atoms with Gasteiger partial charge in [-0.1, -0.05) is 23.8 Å². The van der Waals surface area contributed by atoms with E-state index in [9.17, 15) is 14.9 Å². The molecule has 0 saturated carbocycles. The van der Waals surface area contributed by atoms with Crippen molar-refractivity contribution in [3.05, 3.63) is 77.6 Å². The molecule has 10 nitrogen and oxygen atoms in total. The van der Waals surface area contributed by atoms with Crippen molar-refractivity contribution in [3.63, 3.8) is 0 Å². The van der Waals surface area contributed by atoms with Crippen LogP contribution in [0.15, 0.2) is 36.4 Å². The van der Waals surface area contributed by atoms with Crippen LogP contribution in [-0.2, 0) is 20.1 Å². The van der Waals surface area contributed by atoms with Crippen LogP contribution >= 0.6 is 18.5 Å². The van der Waals surface area contributed by atoms with E-state index in [4.69, 9.17) is 29.3 Å². The Morgan fingerprint density at radius 2 is 1.53 bits per heavy atom. The van der Waals surface area contributed by atoms with Gasteiger partial charge >= 0.3 is 20.1 Å². The van der Waals surface area contributed by atoms with E-state index < -0.39 is 16.6 Å². The van der Waals surface area contributed by atoms with Gasteiger partial charge in [0.2, 0.25) is 25.2 Å². The standard InChI is InChI=1S/C14H12O4P2.C8H3N2O4.C3H6.Ir/c19-9-3-1-7-13(17-5-15-7)11(9)12-10(20)4-2-8-14(12)18-6-16-8;9-4-6-2-1-5(8(11)12)3-7(6)10(13)14;1-3-2;/h1-4H,5-6,19-20H2;2-3H,(H,11,12);1-3H2;/q;-1;-2;+3. The molecule has 2 heterocycles. The number of hydrogen-bond donors (Lipinski definition) is 1. The van der Waals surface area contributed by atoms with E-state index in [0.29, 0.717) is 0 Å². The summed E-state index contributed by atoms with van der Waals surface area (Å²) in [4.78, 5) is 20.0. The topological polar surface area (TPSA) is 141 Å². The molecule has 0 aliphatic carbocycles. The molecule has 0 radical (unpaired) electrons. The number of benzene rings is 3. The SMILES string of the molecule is N#Cc1c[c-]c(C(=O)O)cc1[N+](=O)[O-].Pc1ccc2c(c1-c1c(P)ccc3c1OCO3)OCO2.[CH2-]C[CH2-].[Ir+3]. The Balaban J connectivity index is 0.000000249. The summed E-state index contributed by atoms with van der Waals surface area (Å²) in [6.07, 6.45) is 0.750. The number of nitro groups is 1. The summed E-state index contributed by atoms with van der Waals surface area (Å²) in [7, 11) is 5.47. The number of hydrogen-bond acceptors (Lipinski definition) is 8. The first-order chi connectivity index (χ1) is 17.7. The van der Waals surface area contributed by atoms with E-state index in [1.54, 1.807) is 6.07 Å². The van der Waals surface area contributed by atoms with Gasteiger partial charge in [-0.15, -0.1) is 30.6 Å². The minimum absolute atomic E-state index is 0. The molecule has 0 aromatic heterocycles. The maximum atomic E-state index is 10.4. The van der Waals surface area contributed by atoms with Crippen molar-refractivity contribution in [3.8, 4) is 40.2 Å². The fourth-order valence-corrected chi connectivity index (χ4v) is 4.08. The number of nitriles is 1. The number of fused-ring (bicyclic) bond motifs is 2. The van der Waals surface area contributed by atoms with Crippen LogP contribution in [0.1, 0.15) is 22.3 Å². The summed E-state index contributed by atoms with van der Waals surface area (Å²) in [5.41, 5.74) is 0.869. The molecule has 0 spiro atoms. The fourth-order valence-electron chi connectivity index (χ4n) is 3.34. The monoisotopic (exact) mass is 732 g/mol. The first-order valence-corrected chi connectivity index (χ1v) is 11.7. The number of carboxylic acids is 1.